The molecule has 31 valence electrons. The van der Waals surface area contributed by atoms with Gasteiger partial charge in [0.1, 0.15) is 0 Å². The predicted molar refractivity (Wildman–Crippen MR) is 19.9 cm³/mol. The third kappa shape index (κ3) is 76.4. The molecule has 0 aliphatic rings. The van der Waals surface area contributed by atoms with Crippen molar-refractivity contribution >= 4 is 55.9 Å². The molecule has 0 aliphatic carbocycles. The molecule has 0 fully saturated rings. The van der Waals surface area contributed by atoms with Crippen molar-refractivity contribution in [3.05, 3.63) is 6.92 Å². The van der Waals surface area contributed by atoms with Gasteiger partial charge in [0.25, 0.3) is 0 Å². The Kier molecular flexibility index (Phi) is 15.8. The first-order valence-corrected chi connectivity index (χ1v) is 2.34. The maximum absolute atomic E-state index is 9.69. The van der Waals surface area contributed by atoms with Crippen LogP contribution >= 0.6 is 0 Å². The van der Waals surface area contributed by atoms with Crippen molar-refractivity contribution in [3.63, 3.8) is 0 Å². The summed E-state index contributed by atoms with van der Waals surface area (Å²) in [5.74, 6) is -1.08. The number of aliphatic carboxylic acids is 1. The van der Waals surface area contributed by atoms with Crippen LogP contribution in [0.15, 0.2) is 0 Å². The van der Waals surface area contributed by atoms with E-state index in [1.807, 2.05) is 0 Å². The van der Waals surface area contributed by atoms with Crippen LogP contribution in [-0.4, -0.2) is 61.0 Å². The molecule has 0 unspecified atom stereocenters. The van der Waals surface area contributed by atoms with Gasteiger partial charge in [-0.1, -0.05) is 0 Å². The van der Waals surface area contributed by atoms with E-state index in [2.05, 4.69) is 6.92 Å². The summed E-state index contributed by atoms with van der Waals surface area (Å²) in [7, 11) is 0. The van der Waals surface area contributed by atoms with E-state index in [0.29, 0.717) is 0 Å². The summed E-state index contributed by atoms with van der Waals surface area (Å²) in [5.41, 5.74) is 0. The third-order valence-corrected chi connectivity index (χ3v) is 0. The van der Waals surface area contributed by atoms with Crippen LogP contribution in [0.5, 0.6) is 0 Å². The van der Waals surface area contributed by atoms with Gasteiger partial charge in [0.2, 0.25) is 0 Å². The van der Waals surface area contributed by atoms with Gasteiger partial charge in [0.15, 0.2) is 0 Å². The summed E-state index contributed by atoms with van der Waals surface area (Å²) < 4.78 is 9.69. The monoisotopic (exact) mass is 117 g/mol. The van der Waals surface area contributed by atoms with Crippen LogP contribution in [0.25, 0.3) is 0 Å². The van der Waals surface area contributed by atoms with Crippen molar-refractivity contribution in [2.75, 3.05) is 0 Å². The molecule has 0 heterocycles. The van der Waals surface area contributed by atoms with Crippen molar-refractivity contribution in [2.45, 2.75) is 0 Å². The fourth-order valence-electron chi connectivity index (χ4n) is 0. The number of carboxylic acids is 1. The van der Waals surface area contributed by atoms with E-state index < -0.39 is 55.9 Å². The molecule has 0 atom stereocenters. The minimum atomic E-state index is -1.08. The van der Waals surface area contributed by atoms with Crippen LogP contribution in [-0.2, 0) is 4.79 Å². The molecule has 0 rings (SSSR count). The normalized spacial score (nSPS) is 5.33. The van der Waals surface area contributed by atoms with E-state index in [-0.39, 0.29) is 0 Å². The molecule has 0 aromatic carbocycles. The van der Waals surface area contributed by atoms with Crippen molar-refractivity contribution in [2.24, 2.45) is 0 Å². The Bertz CT molecular complexity index is 34.5. The summed E-state index contributed by atoms with van der Waals surface area (Å²) in [6, 6.07) is 0. The summed E-state index contributed by atoms with van der Waals surface area (Å²) in [4.78, 5) is 8.89. The Hall–Kier alpha value is 1.04. The average Bonchev–Trinajstić information content (AvgIpc) is 1.41. The molecule has 2 nitrogen and oxygen atoms in total. The Morgan fingerprint density at radius 1 is 1.83 bits per heavy atom. The second-order valence-electron chi connectivity index (χ2n) is 0.394. The zero-order chi connectivity index (χ0) is 5.58. The van der Waals surface area contributed by atoms with E-state index in [4.69, 9.17) is 9.90 Å². The Morgan fingerprint density at radius 2 is 1.83 bits per heavy atom. The molecule has 0 aromatic heterocycles. The Balaban J connectivity index is 0. The molecule has 0 aliphatic heterocycles. The van der Waals surface area contributed by atoms with Crippen molar-refractivity contribution in [1.29, 1.82) is 0 Å². The molecule has 0 aromatic rings. The summed E-state index contributed by atoms with van der Waals surface area (Å²) in [6.07, 6.45) is 0. The molecular formula is C2H3FKO2. The molecule has 0 spiro atoms. The zero-order valence-electron chi connectivity index (χ0n) is 3.44. The fraction of sp³-hybridized carbons (Fsp3) is 0. The number of rotatable bonds is 0. The van der Waals surface area contributed by atoms with Crippen LogP contribution in [0, 0.1) is 6.92 Å². The topological polar surface area (TPSA) is 37.3 Å². The SMILES string of the molecule is [CH2]C(=O)O.[F][K]. The van der Waals surface area contributed by atoms with Gasteiger partial charge in [0, 0.05) is 0 Å². The summed E-state index contributed by atoms with van der Waals surface area (Å²) >= 11 is -0.438. The molecule has 1 N–H and O–H groups in total. The number of halogens is 1. The van der Waals surface area contributed by atoms with E-state index in [0.717, 1.165) is 0 Å². The quantitative estimate of drug-likeness (QED) is 0.451. The molecule has 0 saturated carbocycles. The van der Waals surface area contributed by atoms with Crippen LogP contribution in [0.4, 0.5) is -0.211 Å². The maximum atomic E-state index is 9.69. The van der Waals surface area contributed by atoms with E-state index in [1.165, 1.54) is 0 Å². The van der Waals surface area contributed by atoms with Crippen molar-refractivity contribution in [1.82, 2.24) is 0 Å². The molecule has 0 amide bonds. The first kappa shape index (κ1) is 10.1. The Morgan fingerprint density at radius 3 is 1.83 bits per heavy atom. The van der Waals surface area contributed by atoms with Gasteiger partial charge < -0.3 is 5.11 Å². The fourth-order valence-corrected chi connectivity index (χ4v) is 0. The zero-order valence-corrected chi connectivity index (χ0v) is 6.56. The van der Waals surface area contributed by atoms with E-state index >= 15 is 0 Å². The van der Waals surface area contributed by atoms with E-state index in [9.17, 15) is -0.211 Å². The first-order valence-electron chi connectivity index (χ1n) is 1.16. The first-order chi connectivity index (χ1) is 2.73. The van der Waals surface area contributed by atoms with E-state index in [1.54, 1.807) is 0 Å². The van der Waals surface area contributed by atoms with Crippen LogP contribution in [0.2, 0.25) is 0 Å². The van der Waals surface area contributed by atoms with Gasteiger partial charge in [-0.2, -0.15) is 0 Å². The number of carboxylic acid groups (broad SMARTS) is 1. The van der Waals surface area contributed by atoms with Crippen molar-refractivity contribution in [3.8, 4) is 0 Å². The van der Waals surface area contributed by atoms with Crippen molar-refractivity contribution < 1.29 is 9.69 Å². The second-order valence-corrected chi connectivity index (χ2v) is 0.394. The number of carbonyl (C=O) groups is 1. The molecule has 0 saturated heterocycles. The number of hydrogen-bond donors (Lipinski definition) is 1. The average molecular weight is 117 g/mol. The summed E-state index contributed by atoms with van der Waals surface area (Å²) in [6.45, 7) is 2.56. The van der Waals surface area contributed by atoms with Gasteiger partial charge in [-0.15, -0.1) is 0 Å². The molecular weight excluding hydrogens is 114 g/mol. The molecule has 4 heteroatoms. The van der Waals surface area contributed by atoms with Gasteiger partial charge in [-0.3, -0.25) is 4.79 Å². The van der Waals surface area contributed by atoms with Gasteiger partial charge in [-0.05, 0) is 0 Å². The van der Waals surface area contributed by atoms with Crippen LogP contribution in [0.1, 0.15) is 0 Å². The third-order valence-electron chi connectivity index (χ3n) is 0. The van der Waals surface area contributed by atoms with Gasteiger partial charge >= 0.3 is 55.7 Å². The van der Waals surface area contributed by atoms with Crippen LogP contribution in [0.3, 0.4) is 0 Å². The van der Waals surface area contributed by atoms with Crippen LogP contribution < -0.4 is 0 Å². The molecule has 0 bridgehead atoms. The Labute approximate surface area is 71.3 Å². The second kappa shape index (κ2) is 9.40. The molecule has 1 radical (unpaired) electrons. The standard InChI is InChI=1S/C2H3O2.FH.K/c1-2(3)4;;/h1H2,(H,3,4);1H;/q;;+1/p-1. The van der Waals surface area contributed by atoms with Gasteiger partial charge in [-0.25, -0.2) is 0 Å². The predicted octanol–water partition coefficient (Wildman–Crippen LogP) is -0.0555. The number of hydrogen-bond acceptors (Lipinski definition) is 1. The molecule has 6 heavy (non-hydrogen) atoms. The minimum absolute atomic E-state index is 0.438. The van der Waals surface area contributed by atoms with Gasteiger partial charge in [0.05, 0.1) is 6.92 Å². The summed E-state index contributed by atoms with van der Waals surface area (Å²) in [5, 5.41) is 7.31.